The molecule has 144 valence electrons. The molecule has 7 heteroatoms. The van der Waals surface area contributed by atoms with Crippen molar-refractivity contribution in [1.82, 2.24) is 5.32 Å². The number of ether oxygens (including phenoxy) is 1. The Bertz CT molecular complexity index is 951. The van der Waals surface area contributed by atoms with Crippen molar-refractivity contribution in [3.05, 3.63) is 70.4 Å². The van der Waals surface area contributed by atoms with Crippen molar-refractivity contribution in [1.29, 1.82) is 0 Å². The number of hydrogen-bond donors (Lipinski definition) is 2. The van der Waals surface area contributed by atoms with E-state index in [9.17, 15) is 9.59 Å². The number of carbonyl (C=O) groups is 2. The van der Waals surface area contributed by atoms with Crippen molar-refractivity contribution in [2.75, 3.05) is 12.4 Å². The van der Waals surface area contributed by atoms with Crippen LogP contribution in [0.3, 0.4) is 0 Å². The summed E-state index contributed by atoms with van der Waals surface area (Å²) in [4.78, 5) is 27.1. The molecule has 2 N–H and O–H groups in total. The molecule has 2 aromatic carbocycles. The van der Waals surface area contributed by atoms with E-state index in [1.165, 1.54) is 18.3 Å². The maximum Gasteiger partial charge on any atom is 0.265 e. The van der Waals surface area contributed by atoms with Crippen LogP contribution in [0.4, 0.5) is 5.69 Å². The Morgan fingerprint density at radius 3 is 2.21 bits per heavy atom. The number of amides is 2. The third kappa shape index (κ3) is 5.61. The number of benzene rings is 2. The molecular formula is C21H20N2O3S2. The van der Waals surface area contributed by atoms with Crippen LogP contribution in [-0.4, -0.2) is 18.9 Å². The molecule has 0 saturated carbocycles. The monoisotopic (exact) mass is 412 g/mol. The smallest absolute Gasteiger partial charge is 0.265 e. The summed E-state index contributed by atoms with van der Waals surface area (Å²) < 4.78 is 5.17. The summed E-state index contributed by atoms with van der Waals surface area (Å²) in [7, 11) is 1.65. The van der Waals surface area contributed by atoms with Crippen LogP contribution >= 0.6 is 23.1 Å². The molecule has 0 bridgehead atoms. The first-order valence-corrected chi connectivity index (χ1v) is 10.2. The zero-order chi connectivity index (χ0) is 19.9. The van der Waals surface area contributed by atoms with E-state index in [4.69, 9.17) is 4.74 Å². The lowest BCUT2D eigenvalue weighted by molar-refractivity contribution is -0.119. The second kappa shape index (κ2) is 9.43. The molecule has 0 aliphatic heterocycles. The zero-order valence-electron chi connectivity index (χ0n) is 15.5. The minimum atomic E-state index is -0.158. The van der Waals surface area contributed by atoms with Gasteiger partial charge in [0.15, 0.2) is 0 Å². The number of rotatable bonds is 7. The molecule has 3 aromatic rings. The summed E-state index contributed by atoms with van der Waals surface area (Å²) >= 11 is 3.01. The van der Waals surface area contributed by atoms with Crippen molar-refractivity contribution in [2.45, 2.75) is 23.3 Å². The van der Waals surface area contributed by atoms with Gasteiger partial charge in [0.1, 0.15) is 5.75 Å². The largest absolute Gasteiger partial charge is 0.497 e. The Balaban J connectivity index is 1.57. The summed E-state index contributed by atoms with van der Waals surface area (Å²) in [6.45, 7) is 1.91. The maximum atomic E-state index is 12.4. The van der Waals surface area contributed by atoms with Gasteiger partial charge in [0.25, 0.3) is 5.91 Å². The number of anilines is 1. The van der Waals surface area contributed by atoms with E-state index in [0.29, 0.717) is 11.4 Å². The van der Waals surface area contributed by atoms with Crippen LogP contribution in [0.2, 0.25) is 0 Å². The highest BCUT2D eigenvalue weighted by Gasteiger charge is 2.10. The molecule has 28 heavy (non-hydrogen) atoms. The predicted octanol–water partition coefficient (Wildman–Crippen LogP) is 4.80. The van der Waals surface area contributed by atoms with Crippen LogP contribution in [-0.2, 0) is 11.3 Å². The van der Waals surface area contributed by atoms with Gasteiger partial charge in [-0.05, 0) is 60.7 Å². The van der Waals surface area contributed by atoms with E-state index >= 15 is 0 Å². The fraction of sp³-hybridized carbons (Fsp3) is 0.143. The van der Waals surface area contributed by atoms with E-state index in [2.05, 4.69) is 10.6 Å². The zero-order valence-corrected chi connectivity index (χ0v) is 17.2. The van der Waals surface area contributed by atoms with Gasteiger partial charge in [0, 0.05) is 27.3 Å². The first kappa shape index (κ1) is 20.0. The van der Waals surface area contributed by atoms with Gasteiger partial charge in [0.2, 0.25) is 5.91 Å². The average molecular weight is 413 g/mol. The molecule has 0 spiro atoms. The predicted molar refractivity (Wildman–Crippen MR) is 113 cm³/mol. The fourth-order valence-corrected chi connectivity index (χ4v) is 4.04. The molecule has 0 atom stereocenters. The first-order chi connectivity index (χ1) is 13.5. The molecular weight excluding hydrogens is 392 g/mol. The molecule has 0 aliphatic carbocycles. The Morgan fingerprint density at radius 1 is 0.964 bits per heavy atom. The minimum absolute atomic E-state index is 0.0907. The van der Waals surface area contributed by atoms with Gasteiger partial charge >= 0.3 is 0 Å². The van der Waals surface area contributed by atoms with Crippen molar-refractivity contribution in [3.63, 3.8) is 0 Å². The van der Waals surface area contributed by atoms with Crippen molar-refractivity contribution in [3.8, 4) is 5.75 Å². The standard InChI is InChI=1S/C21H20N2O3S2/c1-14(24)22-13-19-11-12-20(28-19)21(25)23-15-3-7-17(8-4-15)27-18-9-5-16(26-2)6-10-18/h3-12H,13H2,1-2H3,(H,22,24)(H,23,25). The van der Waals surface area contributed by atoms with Crippen LogP contribution < -0.4 is 15.4 Å². The van der Waals surface area contributed by atoms with E-state index in [-0.39, 0.29) is 11.8 Å². The second-order valence-electron chi connectivity index (χ2n) is 5.93. The van der Waals surface area contributed by atoms with Gasteiger partial charge < -0.3 is 15.4 Å². The lowest BCUT2D eigenvalue weighted by Gasteiger charge is -2.06. The summed E-state index contributed by atoms with van der Waals surface area (Å²) in [6, 6.07) is 19.2. The van der Waals surface area contributed by atoms with Gasteiger partial charge in [-0.1, -0.05) is 11.8 Å². The van der Waals surface area contributed by atoms with Crippen LogP contribution in [0.1, 0.15) is 21.5 Å². The molecule has 0 aliphatic rings. The highest BCUT2D eigenvalue weighted by molar-refractivity contribution is 7.99. The number of methoxy groups -OCH3 is 1. The molecule has 1 heterocycles. The highest BCUT2D eigenvalue weighted by atomic mass is 32.2. The topological polar surface area (TPSA) is 67.4 Å². The summed E-state index contributed by atoms with van der Waals surface area (Å²) in [5.74, 6) is 0.581. The van der Waals surface area contributed by atoms with Crippen LogP contribution in [0, 0.1) is 0 Å². The molecule has 1 aromatic heterocycles. The minimum Gasteiger partial charge on any atom is -0.497 e. The third-order valence-electron chi connectivity index (χ3n) is 3.80. The fourth-order valence-electron chi connectivity index (χ4n) is 2.39. The average Bonchev–Trinajstić information content (AvgIpc) is 3.18. The number of carbonyl (C=O) groups excluding carboxylic acids is 2. The van der Waals surface area contributed by atoms with E-state index in [1.54, 1.807) is 24.9 Å². The first-order valence-electron chi connectivity index (χ1n) is 8.60. The second-order valence-corrected chi connectivity index (χ2v) is 8.25. The van der Waals surface area contributed by atoms with Crippen LogP contribution in [0.25, 0.3) is 0 Å². The Hall–Kier alpha value is -2.77. The maximum absolute atomic E-state index is 12.4. The van der Waals surface area contributed by atoms with Gasteiger partial charge in [-0.15, -0.1) is 11.3 Å². The molecule has 3 rings (SSSR count). The van der Waals surface area contributed by atoms with Crippen LogP contribution in [0.15, 0.2) is 70.5 Å². The van der Waals surface area contributed by atoms with Crippen LogP contribution in [0.5, 0.6) is 5.75 Å². The molecule has 2 amide bonds. The number of nitrogens with one attached hydrogen (secondary N) is 2. The SMILES string of the molecule is COc1ccc(Sc2ccc(NC(=O)c3ccc(CNC(C)=O)s3)cc2)cc1. The van der Waals surface area contributed by atoms with Crippen molar-refractivity contribution >= 4 is 40.6 Å². The van der Waals surface area contributed by atoms with E-state index in [0.717, 1.165) is 26.1 Å². The summed E-state index contributed by atoms with van der Waals surface area (Å²) in [6.07, 6.45) is 0. The molecule has 0 radical (unpaired) electrons. The van der Waals surface area contributed by atoms with Gasteiger partial charge in [0.05, 0.1) is 18.5 Å². The number of thiophene rings is 1. The summed E-state index contributed by atoms with van der Waals surface area (Å²) in [5.41, 5.74) is 0.737. The summed E-state index contributed by atoms with van der Waals surface area (Å²) in [5, 5.41) is 5.63. The van der Waals surface area contributed by atoms with E-state index < -0.39 is 0 Å². The van der Waals surface area contributed by atoms with Crippen molar-refractivity contribution in [2.24, 2.45) is 0 Å². The molecule has 0 saturated heterocycles. The third-order valence-corrected chi connectivity index (χ3v) is 5.90. The van der Waals surface area contributed by atoms with Crippen molar-refractivity contribution < 1.29 is 14.3 Å². The van der Waals surface area contributed by atoms with E-state index in [1.807, 2.05) is 54.6 Å². The quantitative estimate of drug-likeness (QED) is 0.585. The molecule has 0 fully saturated rings. The van der Waals surface area contributed by atoms with Gasteiger partial charge in [-0.2, -0.15) is 0 Å². The Labute approximate surface area is 172 Å². The van der Waals surface area contributed by atoms with Gasteiger partial charge in [-0.3, -0.25) is 9.59 Å². The lowest BCUT2D eigenvalue weighted by atomic mass is 10.3. The Morgan fingerprint density at radius 2 is 1.61 bits per heavy atom. The highest BCUT2D eigenvalue weighted by Crippen LogP contribution is 2.30. The van der Waals surface area contributed by atoms with Gasteiger partial charge in [-0.25, -0.2) is 0 Å². The lowest BCUT2D eigenvalue weighted by Crippen LogP contribution is -2.18. The number of hydrogen-bond acceptors (Lipinski definition) is 5. The normalized spacial score (nSPS) is 10.4. The Kier molecular flexibility index (Phi) is 6.73. The molecule has 5 nitrogen and oxygen atoms in total. The molecule has 0 unspecified atom stereocenters.